The van der Waals surface area contributed by atoms with Crippen molar-refractivity contribution in [1.82, 2.24) is 4.98 Å². The summed E-state index contributed by atoms with van der Waals surface area (Å²) in [7, 11) is 0. The minimum absolute atomic E-state index is 0.0826. The summed E-state index contributed by atoms with van der Waals surface area (Å²) in [6.07, 6.45) is -0.977. The number of pyridine rings is 1. The van der Waals surface area contributed by atoms with Gasteiger partial charge in [0.25, 0.3) is 0 Å². The van der Waals surface area contributed by atoms with Crippen LogP contribution < -0.4 is 0 Å². The van der Waals surface area contributed by atoms with Crippen LogP contribution in [0.3, 0.4) is 0 Å². The molecule has 0 fully saturated rings. The highest BCUT2D eigenvalue weighted by Gasteiger charge is 2.18. The first kappa shape index (κ1) is 14.9. The molecule has 0 amide bonds. The second-order valence-electron chi connectivity index (χ2n) is 3.91. The number of carbonyl (C=O) groups is 1. The van der Waals surface area contributed by atoms with E-state index in [4.69, 9.17) is 10.6 Å². The van der Waals surface area contributed by atoms with Crippen molar-refractivity contribution < 1.29 is 20.1 Å². The number of azide groups is 1. The van der Waals surface area contributed by atoms with Crippen LogP contribution >= 0.6 is 0 Å². The van der Waals surface area contributed by atoms with Crippen LogP contribution in [0.5, 0.6) is 0 Å². The van der Waals surface area contributed by atoms with Crippen LogP contribution in [0.15, 0.2) is 23.4 Å². The number of rotatable bonds is 7. The summed E-state index contributed by atoms with van der Waals surface area (Å²) < 4.78 is 0. The first-order valence-corrected chi connectivity index (χ1v) is 5.58. The van der Waals surface area contributed by atoms with Gasteiger partial charge >= 0.3 is 5.97 Å². The van der Waals surface area contributed by atoms with Crippen molar-refractivity contribution in [1.29, 1.82) is 0 Å². The summed E-state index contributed by atoms with van der Waals surface area (Å²) in [5.41, 5.74) is 8.84. The normalized spacial score (nSPS) is 13.4. The largest absolute Gasteiger partial charge is 0.481 e. The van der Waals surface area contributed by atoms with E-state index < -0.39 is 18.2 Å². The standard InChI is InChI=1S/C11H14N4O4/c12-15-14-4-3-9(16)11(19)7-1-2-8(13-6-7)5-10(17)18/h1-2,6,9,11,16,19H,3-5H2,(H,17,18). The van der Waals surface area contributed by atoms with E-state index in [9.17, 15) is 15.0 Å². The molecule has 0 bridgehead atoms. The molecule has 8 heteroatoms. The van der Waals surface area contributed by atoms with Crippen LogP contribution in [0.25, 0.3) is 10.4 Å². The molecule has 0 aliphatic carbocycles. The zero-order valence-corrected chi connectivity index (χ0v) is 10.0. The molecule has 19 heavy (non-hydrogen) atoms. The molecule has 0 spiro atoms. The highest BCUT2D eigenvalue weighted by atomic mass is 16.4. The van der Waals surface area contributed by atoms with E-state index in [2.05, 4.69) is 15.0 Å². The van der Waals surface area contributed by atoms with Crippen molar-refractivity contribution in [2.75, 3.05) is 6.54 Å². The highest BCUT2D eigenvalue weighted by molar-refractivity contribution is 5.69. The second-order valence-corrected chi connectivity index (χ2v) is 3.91. The van der Waals surface area contributed by atoms with E-state index in [-0.39, 0.29) is 19.4 Å². The summed E-state index contributed by atoms with van der Waals surface area (Å²) in [5.74, 6) is -0.991. The van der Waals surface area contributed by atoms with E-state index in [1.165, 1.54) is 18.3 Å². The van der Waals surface area contributed by atoms with Crippen LogP contribution in [0.1, 0.15) is 23.8 Å². The lowest BCUT2D eigenvalue weighted by molar-refractivity contribution is -0.136. The smallest absolute Gasteiger partial charge is 0.309 e. The van der Waals surface area contributed by atoms with Gasteiger partial charge in [-0.15, -0.1) is 0 Å². The molecule has 1 aromatic heterocycles. The van der Waals surface area contributed by atoms with E-state index >= 15 is 0 Å². The molecule has 2 atom stereocenters. The fourth-order valence-electron chi connectivity index (χ4n) is 1.49. The minimum Gasteiger partial charge on any atom is -0.481 e. The molecule has 0 aliphatic heterocycles. The molecule has 3 N–H and O–H groups in total. The number of carboxylic acids is 1. The SMILES string of the molecule is [N-]=[N+]=NCCC(O)C(O)c1ccc(CC(=O)O)nc1. The van der Waals surface area contributed by atoms with Crippen molar-refractivity contribution in [3.05, 3.63) is 40.0 Å². The number of nitrogens with zero attached hydrogens (tertiary/aromatic N) is 4. The van der Waals surface area contributed by atoms with Gasteiger partial charge in [-0.05, 0) is 18.0 Å². The number of aromatic nitrogens is 1. The Bertz CT molecular complexity index is 470. The molecule has 0 aliphatic rings. The predicted molar refractivity (Wildman–Crippen MR) is 65.2 cm³/mol. The molecule has 0 aromatic carbocycles. The van der Waals surface area contributed by atoms with Crippen LogP contribution in [-0.2, 0) is 11.2 Å². The van der Waals surface area contributed by atoms with E-state index in [0.717, 1.165) is 0 Å². The van der Waals surface area contributed by atoms with Gasteiger partial charge in [0.05, 0.1) is 18.2 Å². The molecule has 1 heterocycles. The zero-order chi connectivity index (χ0) is 14.3. The number of carboxylic acid groups (broad SMARTS) is 1. The average Bonchev–Trinajstić information content (AvgIpc) is 2.38. The van der Waals surface area contributed by atoms with Crippen molar-refractivity contribution in [2.45, 2.75) is 25.0 Å². The number of aliphatic hydroxyl groups excluding tert-OH is 2. The van der Waals surface area contributed by atoms with Crippen LogP contribution in [-0.4, -0.2) is 38.9 Å². The number of aliphatic carboxylic acids is 1. The lowest BCUT2D eigenvalue weighted by atomic mass is 10.0. The fourth-order valence-corrected chi connectivity index (χ4v) is 1.49. The Kier molecular flexibility index (Phi) is 5.74. The van der Waals surface area contributed by atoms with E-state index in [0.29, 0.717) is 11.3 Å². The number of aliphatic hydroxyl groups is 2. The van der Waals surface area contributed by atoms with Gasteiger partial charge in [0.1, 0.15) is 6.10 Å². The average molecular weight is 266 g/mol. The maximum Gasteiger partial charge on any atom is 0.309 e. The first-order valence-electron chi connectivity index (χ1n) is 5.58. The van der Waals surface area contributed by atoms with Gasteiger partial charge in [-0.25, -0.2) is 0 Å². The Morgan fingerprint density at radius 3 is 2.74 bits per heavy atom. The third kappa shape index (κ3) is 4.92. The maximum atomic E-state index is 10.5. The monoisotopic (exact) mass is 266 g/mol. The van der Waals surface area contributed by atoms with E-state index in [1.807, 2.05) is 0 Å². The number of hydrogen-bond donors (Lipinski definition) is 3. The zero-order valence-electron chi connectivity index (χ0n) is 10.0. The Hall–Kier alpha value is -2.15. The van der Waals surface area contributed by atoms with Gasteiger partial charge in [-0.1, -0.05) is 11.2 Å². The van der Waals surface area contributed by atoms with Crippen molar-refractivity contribution in [2.24, 2.45) is 5.11 Å². The quantitative estimate of drug-likeness (QED) is 0.380. The van der Waals surface area contributed by atoms with Crippen molar-refractivity contribution in [3.8, 4) is 0 Å². The third-order valence-electron chi connectivity index (χ3n) is 2.47. The lowest BCUT2D eigenvalue weighted by Crippen LogP contribution is -2.19. The van der Waals surface area contributed by atoms with Crippen LogP contribution in [0, 0.1) is 0 Å². The molecule has 8 nitrogen and oxygen atoms in total. The highest BCUT2D eigenvalue weighted by Crippen LogP contribution is 2.18. The first-order chi connectivity index (χ1) is 9.04. The molecule has 1 aromatic rings. The molecule has 2 unspecified atom stereocenters. The Balaban J connectivity index is 2.63. The molecule has 0 saturated carbocycles. The topological polar surface area (TPSA) is 139 Å². The van der Waals surface area contributed by atoms with Gasteiger partial charge in [0.15, 0.2) is 0 Å². The molecule has 0 saturated heterocycles. The molecular weight excluding hydrogens is 252 g/mol. The summed E-state index contributed by atoms with van der Waals surface area (Å²) in [5, 5.41) is 31.3. The minimum atomic E-state index is -1.15. The molecule has 1 rings (SSSR count). The molecule has 0 radical (unpaired) electrons. The van der Waals surface area contributed by atoms with Gasteiger partial charge in [0, 0.05) is 23.2 Å². The van der Waals surface area contributed by atoms with Gasteiger partial charge < -0.3 is 15.3 Å². The Morgan fingerprint density at radius 2 is 2.21 bits per heavy atom. The second kappa shape index (κ2) is 7.32. The van der Waals surface area contributed by atoms with Crippen LogP contribution in [0.2, 0.25) is 0 Å². The molecule has 102 valence electrons. The Morgan fingerprint density at radius 1 is 1.47 bits per heavy atom. The van der Waals surface area contributed by atoms with Crippen molar-refractivity contribution in [3.63, 3.8) is 0 Å². The summed E-state index contributed by atoms with van der Waals surface area (Å²) in [6.45, 7) is 0.0826. The molecular formula is C11H14N4O4. The summed E-state index contributed by atoms with van der Waals surface area (Å²) >= 11 is 0. The lowest BCUT2D eigenvalue weighted by Gasteiger charge is -2.17. The van der Waals surface area contributed by atoms with Crippen LogP contribution in [0.4, 0.5) is 0 Å². The predicted octanol–water partition coefficient (Wildman–Crippen LogP) is 0.803. The Labute approximate surface area is 109 Å². The summed E-state index contributed by atoms with van der Waals surface area (Å²) in [4.78, 5) is 16.9. The van der Waals surface area contributed by atoms with Gasteiger partial charge in [-0.3, -0.25) is 9.78 Å². The van der Waals surface area contributed by atoms with Crippen molar-refractivity contribution >= 4 is 5.97 Å². The van der Waals surface area contributed by atoms with Gasteiger partial charge in [-0.2, -0.15) is 0 Å². The maximum absolute atomic E-state index is 10.5. The third-order valence-corrected chi connectivity index (χ3v) is 2.47. The summed E-state index contributed by atoms with van der Waals surface area (Å²) in [6, 6.07) is 2.99. The van der Waals surface area contributed by atoms with E-state index in [1.54, 1.807) is 0 Å². The van der Waals surface area contributed by atoms with Gasteiger partial charge in [0.2, 0.25) is 0 Å². The fraction of sp³-hybridized carbons (Fsp3) is 0.455. The number of hydrogen-bond acceptors (Lipinski definition) is 5.